The minimum atomic E-state index is -3.44. The first-order valence-corrected chi connectivity index (χ1v) is 9.98. The van der Waals surface area contributed by atoms with E-state index in [4.69, 9.17) is 4.74 Å². The summed E-state index contributed by atoms with van der Waals surface area (Å²) in [5, 5.41) is -0.355. The molecule has 2 aliphatic carbocycles. The number of benzene rings is 1. The highest BCUT2D eigenvalue weighted by Crippen LogP contribution is 2.40. The van der Waals surface area contributed by atoms with Crippen LogP contribution in [0.5, 0.6) is 0 Å². The maximum absolute atomic E-state index is 12.7. The molecule has 0 amide bonds. The summed E-state index contributed by atoms with van der Waals surface area (Å²) in [5.41, 5.74) is 1.62. The molecule has 26 heavy (non-hydrogen) atoms. The number of rotatable bonds is 5. The molecule has 1 N–H and O–H groups in total. The topological polar surface area (TPSA) is 98.2 Å². The summed E-state index contributed by atoms with van der Waals surface area (Å²) in [6.07, 6.45) is 3.53. The van der Waals surface area contributed by atoms with Crippen LogP contribution >= 0.6 is 0 Å². The Morgan fingerprint density at radius 2 is 1.85 bits per heavy atom. The molecule has 8 heteroatoms. The number of aromatic nitrogens is 2. The molecular weight excluding hydrogens is 354 g/mol. The Balaban J connectivity index is 1.72. The molecule has 0 spiro atoms. The molecule has 1 fully saturated rings. The number of nitrogens with zero attached hydrogens (tertiary/aromatic N) is 2. The molecule has 0 aliphatic heterocycles. The lowest BCUT2D eigenvalue weighted by atomic mass is 9.81. The van der Waals surface area contributed by atoms with Gasteiger partial charge in [-0.3, -0.25) is 9.52 Å². The van der Waals surface area contributed by atoms with Crippen LogP contribution in [0, 0.1) is 0 Å². The molecule has 1 heterocycles. The van der Waals surface area contributed by atoms with Gasteiger partial charge in [-0.25, -0.2) is 18.4 Å². The zero-order chi connectivity index (χ0) is 18.4. The van der Waals surface area contributed by atoms with Gasteiger partial charge >= 0.3 is 5.97 Å². The lowest BCUT2D eigenvalue weighted by molar-refractivity contribution is -0.147. The standard InChI is InChI=1S/C18H19N3O4S/c1-25-17(22)18(9-12-4-2-3-5-13(12)10-18)15-8-16(20-11-19-15)21-26(23,24)14-6-7-14/h2-5,8,11,14H,6-7,9-10H2,1H3,(H,19,20,21). The van der Waals surface area contributed by atoms with Crippen molar-refractivity contribution < 1.29 is 17.9 Å². The van der Waals surface area contributed by atoms with Crippen molar-refractivity contribution in [2.75, 3.05) is 11.8 Å². The summed E-state index contributed by atoms with van der Waals surface area (Å²) in [5.74, 6) is -0.204. The van der Waals surface area contributed by atoms with Crippen molar-refractivity contribution in [2.24, 2.45) is 0 Å². The zero-order valence-electron chi connectivity index (χ0n) is 14.3. The number of methoxy groups -OCH3 is 1. The lowest BCUT2D eigenvalue weighted by Crippen LogP contribution is -2.39. The van der Waals surface area contributed by atoms with Crippen molar-refractivity contribution in [3.8, 4) is 0 Å². The van der Waals surface area contributed by atoms with Crippen LogP contribution in [0.2, 0.25) is 0 Å². The maximum Gasteiger partial charge on any atom is 0.318 e. The van der Waals surface area contributed by atoms with E-state index < -0.39 is 15.4 Å². The quantitative estimate of drug-likeness (QED) is 0.799. The van der Waals surface area contributed by atoms with Gasteiger partial charge in [0.05, 0.1) is 18.1 Å². The average molecular weight is 373 g/mol. The fourth-order valence-electron chi connectivity index (χ4n) is 3.52. The minimum Gasteiger partial charge on any atom is -0.468 e. The van der Waals surface area contributed by atoms with Crippen LogP contribution in [0.15, 0.2) is 36.7 Å². The number of nitrogens with one attached hydrogen (secondary N) is 1. The number of esters is 1. The van der Waals surface area contributed by atoms with Crippen molar-refractivity contribution in [2.45, 2.75) is 36.3 Å². The molecule has 2 aliphatic rings. The van der Waals surface area contributed by atoms with Crippen LogP contribution in [0.1, 0.15) is 29.7 Å². The first-order valence-electron chi connectivity index (χ1n) is 8.44. The van der Waals surface area contributed by atoms with Crippen LogP contribution < -0.4 is 4.72 Å². The predicted octanol–water partition coefficient (Wildman–Crippen LogP) is 1.59. The number of ether oxygens (including phenoxy) is 1. The molecular formula is C18H19N3O4S. The fraction of sp³-hybridized carbons (Fsp3) is 0.389. The van der Waals surface area contributed by atoms with Crippen molar-refractivity contribution in [1.29, 1.82) is 0 Å². The molecule has 0 unspecified atom stereocenters. The second kappa shape index (κ2) is 6.05. The molecule has 0 radical (unpaired) electrons. The van der Waals surface area contributed by atoms with Crippen LogP contribution in [0.4, 0.5) is 5.82 Å². The number of hydrogen-bond donors (Lipinski definition) is 1. The van der Waals surface area contributed by atoms with Crippen LogP contribution in [0.25, 0.3) is 0 Å². The smallest absolute Gasteiger partial charge is 0.318 e. The van der Waals surface area contributed by atoms with E-state index in [0.717, 1.165) is 11.1 Å². The Bertz CT molecular complexity index is 945. The highest BCUT2D eigenvalue weighted by molar-refractivity contribution is 7.93. The number of fused-ring (bicyclic) bond motifs is 1. The summed E-state index contributed by atoms with van der Waals surface area (Å²) in [7, 11) is -2.08. The van der Waals surface area contributed by atoms with Gasteiger partial charge in [0, 0.05) is 6.07 Å². The first kappa shape index (κ1) is 17.0. The van der Waals surface area contributed by atoms with Gasteiger partial charge in [-0.05, 0) is 36.8 Å². The Kier molecular flexibility index (Phi) is 3.95. The summed E-state index contributed by atoms with van der Waals surface area (Å²) >= 11 is 0. The van der Waals surface area contributed by atoms with Crippen LogP contribution in [-0.4, -0.2) is 36.7 Å². The predicted molar refractivity (Wildman–Crippen MR) is 95.1 cm³/mol. The monoisotopic (exact) mass is 373 g/mol. The third kappa shape index (κ3) is 2.84. The molecule has 2 aromatic rings. The molecule has 1 saturated carbocycles. The van der Waals surface area contributed by atoms with Gasteiger partial charge in [0.15, 0.2) is 0 Å². The zero-order valence-corrected chi connectivity index (χ0v) is 15.1. The van der Waals surface area contributed by atoms with Crippen LogP contribution in [0.3, 0.4) is 0 Å². The van der Waals surface area contributed by atoms with Gasteiger partial charge in [0.25, 0.3) is 0 Å². The number of anilines is 1. The SMILES string of the molecule is COC(=O)C1(c2cc(NS(=O)(=O)C3CC3)ncn2)Cc2ccccc2C1. The summed E-state index contributed by atoms with van der Waals surface area (Å²) in [4.78, 5) is 21.0. The lowest BCUT2D eigenvalue weighted by Gasteiger charge is -2.25. The Morgan fingerprint density at radius 1 is 1.19 bits per heavy atom. The molecule has 0 saturated heterocycles. The molecule has 1 aromatic heterocycles. The normalized spacial score (nSPS) is 18.2. The van der Waals surface area contributed by atoms with E-state index in [0.29, 0.717) is 31.4 Å². The summed E-state index contributed by atoms with van der Waals surface area (Å²) in [6, 6.07) is 9.38. The molecule has 136 valence electrons. The summed E-state index contributed by atoms with van der Waals surface area (Å²) in [6.45, 7) is 0. The number of carbonyl (C=O) groups excluding carboxylic acids is 1. The largest absolute Gasteiger partial charge is 0.468 e. The molecule has 0 bridgehead atoms. The second-order valence-corrected chi connectivity index (χ2v) is 8.79. The molecule has 0 atom stereocenters. The van der Waals surface area contributed by atoms with Gasteiger partial charge in [0.2, 0.25) is 10.0 Å². The average Bonchev–Trinajstić information content (AvgIpc) is 3.42. The van der Waals surface area contributed by atoms with E-state index >= 15 is 0 Å². The van der Waals surface area contributed by atoms with E-state index in [1.54, 1.807) is 6.07 Å². The van der Waals surface area contributed by atoms with Gasteiger partial charge in [0.1, 0.15) is 17.6 Å². The molecule has 4 rings (SSSR count). The van der Waals surface area contributed by atoms with Crippen molar-refractivity contribution in [1.82, 2.24) is 9.97 Å². The van der Waals surface area contributed by atoms with Crippen molar-refractivity contribution in [3.63, 3.8) is 0 Å². The van der Waals surface area contributed by atoms with Gasteiger partial charge in [-0.1, -0.05) is 24.3 Å². The van der Waals surface area contributed by atoms with Crippen LogP contribution in [-0.2, 0) is 37.8 Å². The number of carbonyl (C=O) groups is 1. The van der Waals surface area contributed by atoms with E-state index in [2.05, 4.69) is 14.7 Å². The Hall–Kier alpha value is -2.48. The van der Waals surface area contributed by atoms with E-state index in [1.165, 1.54) is 13.4 Å². The van der Waals surface area contributed by atoms with Crippen molar-refractivity contribution in [3.05, 3.63) is 53.5 Å². The number of hydrogen-bond acceptors (Lipinski definition) is 6. The third-order valence-corrected chi connectivity index (χ3v) is 6.89. The summed E-state index contributed by atoms with van der Waals surface area (Å²) < 4.78 is 31.9. The second-order valence-electron chi connectivity index (χ2n) is 6.83. The Labute approximate surface area is 151 Å². The molecule has 1 aromatic carbocycles. The fourth-order valence-corrected chi connectivity index (χ4v) is 4.85. The Morgan fingerprint density at radius 3 is 2.42 bits per heavy atom. The minimum absolute atomic E-state index is 0.182. The number of sulfonamides is 1. The van der Waals surface area contributed by atoms with E-state index in [9.17, 15) is 13.2 Å². The molecule has 7 nitrogen and oxygen atoms in total. The highest BCUT2D eigenvalue weighted by Gasteiger charge is 2.48. The van der Waals surface area contributed by atoms with Gasteiger partial charge < -0.3 is 4.74 Å². The van der Waals surface area contributed by atoms with Crippen molar-refractivity contribution >= 4 is 21.8 Å². The maximum atomic E-state index is 12.7. The van der Waals surface area contributed by atoms with Gasteiger partial charge in [-0.15, -0.1) is 0 Å². The first-order chi connectivity index (χ1) is 12.4. The van der Waals surface area contributed by atoms with E-state index in [-0.39, 0.29) is 17.0 Å². The van der Waals surface area contributed by atoms with Gasteiger partial charge in [-0.2, -0.15) is 0 Å². The van der Waals surface area contributed by atoms with E-state index in [1.807, 2.05) is 24.3 Å². The third-order valence-electron chi connectivity index (χ3n) is 5.05. The highest BCUT2D eigenvalue weighted by atomic mass is 32.2.